The minimum atomic E-state index is -0.447. The number of rotatable bonds is 5. The average Bonchev–Trinajstić information content (AvgIpc) is 3.65. The van der Waals surface area contributed by atoms with Crippen molar-refractivity contribution in [3.63, 3.8) is 0 Å². The Bertz CT molecular complexity index is 1490. The first kappa shape index (κ1) is 20.6. The molecule has 0 radical (unpaired) electrons. The third-order valence-electron chi connectivity index (χ3n) is 4.95. The van der Waals surface area contributed by atoms with Crippen LogP contribution in [0.2, 0.25) is 0 Å². The van der Waals surface area contributed by atoms with Crippen LogP contribution in [0.5, 0.6) is 11.5 Å². The van der Waals surface area contributed by atoms with Gasteiger partial charge in [0.25, 0.3) is 11.8 Å². The van der Waals surface area contributed by atoms with Gasteiger partial charge in [-0.3, -0.25) is 10.1 Å². The lowest BCUT2D eigenvalue weighted by Crippen LogP contribution is -2.15. The van der Waals surface area contributed by atoms with Crippen LogP contribution < -0.4 is 14.8 Å². The molecule has 0 aliphatic carbocycles. The molecule has 1 aliphatic heterocycles. The highest BCUT2D eigenvalue weighted by molar-refractivity contribution is 7.19. The Hall–Kier alpha value is -4.03. The van der Waals surface area contributed by atoms with Crippen LogP contribution in [0.1, 0.15) is 16.2 Å². The molecule has 0 atom stereocenters. The number of aromatic nitrogens is 4. The molecule has 34 heavy (non-hydrogen) atoms. The van der Waals surface area contributed by atoms with Gasteiger partial charge in [0.1, 0.15) is 18.1 Å². The summed E-state index contributed by atoms with van der Waals surface area (Å²) in [6.07, 6.45) is 0. The molecule has 5 heterocycles. The minimum absolute atomic E-state index is 0.122. The van der Waals surface area contributed by atoms with Crippen LogP contribution in [0.15, 0.2) is 50.8 Å². The van der Waals surface area contributed by atoms with Crippen molar-refractivity contribution in [1.29, 1.82) is 0 Å². The fraction of sp³-hybridized carbons (Fsp3) is 0.136. The zero-order chi connectivity index (χ0) is 23.1. The fourth-order valence-corrected chi connectivity index (χ4v) is 4.88. The topological polar surface area (TPSA) is 125 Å². The quantitative estimate of drug-likeness (QED) is 0.363. The number of ether oxygens (including phenoxy) is 2. The molecule has 170 valence electrons. The van der Waals surface area contributed by atoms with Crippen LogP contribution in [0.25, 0.3) is 32.8 Å². The monoisotopic (exact) mass is 493 g/mol. The predicted octanol–water partition coefficient (Wildman–Crippen LogP) is 4.91. The van der Waals surface area contributed by atoms with Crippen molar-refractivity contribution in [3.05, 3.63) is 53.2 Å². The van der Waals surface area contributed by atoms with E-state index in [1.807, 2.05) is 30.5 Å². The number of nitrogens with zero attached hydrogens (tertiary/aromatic N) is 4. The molecule has 1 aliphatic rings. The third-order valence-corrected chi connectivity index (χ3v) is 6.88. The summed E-state index contributed by atoms with van der Waals surface area (Å²) >= 11 is 2.76. The molecule has 1 aromatic carbocycles. The predicted molar refractivity (Wildman–Crippen MR) is 124 cm³/mol. The number of anilines is 1. The molecule has 10 nitrogen and oxygen atoms in total. The normalized spacial score (nSPS) is 12.6. The highest BCUT2D eigenvalue weighted by Gasteiger charge is 2.21. The van der Waals surface area contributed by atoms with Gasteiger partial charge in [-0.25, -0.2) is 4.98 Å². The number of amides is 1. The molecule has 6 rings (SSSR count). The number of hydrogen-bond acceptors (Lipinski definition) is 11. The molecule has 0 spiro atoms. The van der Waals surface area contributed by atoms with E-state index in [0.717, 1.165) is 10.4 Å². The highest BCUT2D eigenvalue weighted by atomic mass is 32.1. The average molecular weight is 494 g/mol. The van der Waals surface area contributed by atoms with E-state index < -0.39 is 5.91 Å². The van der Waals surface area contributed by atoms with Crippen molar-refractivity contribution in [2.24, 2.45) is 0 Å². The van der Waals surface area contributed by atoms with Crippen molar-refractivity contribution < 1.29 is 23.3 Å². The molecule has 0 fully saturated rings. The van der Waals surface area contributed by atoms with Gasteiger partial charge in [0.05, 0.1) is 10.6 Å². The molecule has 4 aromatic heterocycles. The largest absolute Gasteiger partial charge is 0.486 e. The second-order valence-electron chi connectivity index (χ2n) is 7.22. The Morgan fingerprint density at radius 3 is 2.76 bits per heavy atom. The maximum atomic E-state index is 12.7. The van der Waals surface area contributed by atoms with E-state index in [2.05, 4.69) is 25.6 Å². The number of carbonyl (C=O) groups is 1. The van der Waals surface area contributed by atoms with Gasteiger partial charge in [-0.1, -0.05) is 27.7 Å². The van der Waals surface area contributed by atoms with Gasteiger partial charge in [0.2, 0.25) is 5.82 Å². The maximum Gasteiger partial charge on any atom is 0.279 e. The summed E-state index contributed by atoms with van der Waals surface area (Å²) in [6.45, 7) is 2.81. The number of hydrogen-bond donors (Lipinski definition) is 1. The SMILES string of the molecule is Cc1nc(NC(=O)c2cc(-c3ccc4c(c3)OCCO4)on2)sc1-c1nc(-c2cccs2)no1. The van der Waals surface area contributed by atoms with E-state index in [0.29, 0.717) is 57.9 Å². The second-order valence-corrected chi connectivity index (χ2v) is 9.17. The van der Waals surface area contributed by atoms with Crippen molar-refractivity contribution in [3.8, 4) is 44.3 Å². The van der Waals surface area contributed by atoms with Gasteiger partial charge in [-0.15, -0.1) is 11.3 Å². The van der Waals surface area contributed by atoms with Gasteiger partial charge >= 0.3 is 0 Å². The Morgan fingerprint density at radius 2 is 1.91 bits per heavy atom. The number of benzene rings is 1. The zero-order valence-corrected chi connectivity index (χ0v) is 19.2. The molecular weight excluding hydrogens is 478 g/mol. The van der Waals surface area contributed by atoms with E-state index in [9.17, 15) is 4.79 Å². The molecule has 1 amide bonds. The van der Waals surface area contributed by atoms with Gasteiger partial charge in [0.15, 0.2) is 28.1 Å². The zero-order valence-electron chi connectivity index (χ0n) is 17.6. The Kier molecular flexibility index (Phi) is 5.08. The standard InChI is InChI=1S/C22H15N5O5S2/c1-11-18(21-24-19(27-32-21)17-3-2-8-33-17)34-22(23-11)25-20(28)13-10-15(31-26-13)12-4-5-14-16(9-12)30-7-6-29-14/h2-5,8-10H,6-7H2,1H3,(H,23,25,28). The van der Waals surface area contributed by atoms with E-state index in [-0.39, 0.29) is 5.69 Å². The molecule has 0 saturated heterocycles. The summed E-state index contributed by atoms with van der Waals surface area (Å²) in [5.41, 5.74) is 1.51. The van der Waals surface area contributed by atoms with E-state index >= 15 is 0 Å². The van der Waals surface area contributed by atoms with Crippen molar-refractivity contribution in [2.75, 3.05) is 18.5 Å². The first-order valence-corrected chi connectivity index (χ1v) is 11.9. The van der Waals surface area contributed by atoms with E-state index in [1.165, 1.54) is 22.7 Å². The number of carbonyl (C=O) groups excluding carboxylic acids is 1. The van der Waals surface area contributed by atoms with Crippen LogP contribution in [-0.4, -0.2) is 39.4 Å². The smallest absolute Gasteiger partial charge is 0.279 e. The first-order valence-electron chi connectivity index (χ1n) is 10.2. The number of fused-ring (bicyclic) bond motifs is 1. The molecule has 0 saturated carbocycles. The highest BCUT2D eigenvalue weighted by Crippen LogP contribution is 2.36. The van der Waals surface area contributed by atoms with Crippen LogP contribution in [-0.2, 0) is 0 Å². The summed E-state index contributed by atoms with van der Waals surface area (Å²) in [7, 11) is 0. The lowest BCUT2D eigenvalue weighted by molar-refractivity contribution is 0.101. The van der Waals surface area contributed by atoms with Crippen molar-refractivity contribution >= 4 is 33.7 Å². The molecule has 0 unspecified atom stereocenters. The summed E-state index contributed by atoms with van der Waals surface area (Å²) in [6, 6.07) is 10.8. The number of nitrogens with one attached hydrogen (secondary N) is 1. The van der Waals surface area contributed by atoms with Crippen LogP contribution in [0.4, 0.5) is 5.13 Å². The lowest BCUT2D eigenvalue weighted by atomic mass is 10.1. The number of thiazole rings is 1. The summed E-state index contributed by atoms with van der Waals surface area (Å²) < 4.78 is 21.9. The maximum absolute atomic E-state index is 12.7. The second kappa shape index (κ2) is 8.39. The first-order chi connectivity index (χ1) is 16.6. The van der Waals surface area contributed by atoms with Gasteiger partial charge in [0, 0.05) is 11.6 Å². The van der Waals surface area contributed by atoms with Gasteiger partial charge < -0.3 is 18.5 Å². The molecule has 12 heteroatoms. The minimum Gasteiger partial charge on any atom is -0.486 e. The third kappa shape index (κ3) is 3.82. The van der Waals surface area contributed by atoms with E-state index in [4.69, 9.17) is 18.5 Å². The lowest BCUT2D eigenvalue weighted by Gasteiger charge is -2.18. The van der Waals surface area contributed by atoms with Gasteiger partial charge in [-0.05, 0) is 36.6 Å². The van der Waals surface area contributed by atoms with Crippen LogP contribution >= 0.6 is 22.7 Å². The summed E-state index contributed by atoms with van der Waals surface area (Å²) in [5, 5.41) is 13.0. The number of aryl methyl sites for hydroxylation is 1. The van der Waals surface area contributed by atoms with Crippen LogP contribution in [0, 0.1) is 6.92 Å². The molecule has 1 N–H and O–H groups in total. The molecular formula is C22H15N5O5S2. The Morgan fingerprint density at radius 1 is 1.03 bits per heavy atom. The summed E-state index contributed by atoms with van der Waals surface area (Å²) in [5.74, 6) is 2.15. The molecule has 5 aromatic rings. The Labute approximate surface area is 200 Å². The Balaban J connectivity index is 1.19. The van der Waals surface area contributed by atoms with Gasteiger partial charge in [-0.2, -0.15) is 4.98 Å². The van der Waals surface area contributed by atoms with Crippen molar-refractivity contribution in [1.82, 2.24) is 20.3 Å². The van der Waals surface area contributed by atoms with Crippen LogP contribution in [0.3, 0.4) is 0 Å². The fourth-order valence-electron chi connectivity index (χ4n) is 3.35. The van der Waals surface area contributed by atoms with Crippen molar-refractivity contribution in [2.45, 2.75) is 6.92 Å². The number of thiophene rings is 1. The molecule has 0 bridgehead atoms. The summed E-state index contributed by atoms with van der Waals surface area (Å²) in [4.78, 5) is 23.2. The van der Waals surface area contributed by atoms with E-state index in [1.54, 1.807) is 18.2 Å².